The van der Waals surface area contributed by atoms with Crippen LogP contribution in [0, 0.1) is 23.2 Å². The Kier molecular flexibility index (Phi) is 9.29. The molecule has 272 valence electrons. The molecule has 3 aliphatic heterocycles. The number of hydrogen-bond donors (Lipinski definition) is 1. The van der Waals surface area contributed by atoms with Crippen LogP contribution < -0.4 is 19.1 Å². The van der Waals surface area contributed by atoms with Crippen LogP contribution in [0.2, 0.25) is 5.02 Å². The summed E-state index contributed by atoms with van der Waals surface area (Å²) in [6.07, 6.45) is 10.2. The normalized spacial score (nSPS) is 30.5. The lowest BCUT2D eigenvalue weighted by Crippen LogP contribution is -2.48. The molecule has 6 atom stereocenters. The van der Waals surface area contributed by atoms with Crippen LogP contribution in [-0.2, 0) is 34.7 Å². The monoisotopic (exact) mass is 735 g/mol. The van der Waals surface area contributed by atoms with Crippen molar-refractivity contribution < 1.29 is 28.0 Å². The van der Waals surface area contributed by atoms with E-state index in [2.05, 4.69) is 31.2 Å². The van der Waals surface area contributed by atoms with Crippen molar-refractivity contribution in [3.8, 4) is 11.6 Å². The zero-order chi connectivity index (χ0) is 35.3. The molecule has 3 aromatic rings. The fourth-order valence-electron chi connectivity index (χ4n) is 9.32. The minimum Gasteiger partial charge on any atom is -0.491 e. The third kappa shape index (κ3) is 6.75. The Balaban J connectivity index is 1.24. The van der Waals surface area contributed by atoms with Crippen molar-refractivity contribution >= 4 is 39.0 Å². The predicted octanol–water partition coefficient (Wildman–Crippen LogP) is 6.37. The molecule has 0 radical (unpaired) electrons. The number of nitrogens with zero attached hydrogens (tertiary/aromatic N) is 4. The van der Waals surface area contributed by atoms with E-state index in [4.69, 9.17) is 25.8 Å². The fraction of sp³-hybridized carbons (Fsp3) is 0.553. The molecule has 1 saturated heterocycles. The maximum atomic E-state index is 14.9. The molecule has 4 heterocycles. The van der Waals surface area contributed by atoms with E-state index >= 15 is 0 Å². The Morgan fingerprint density at radius 3 is 2.80 bits per heavy atom. The smallest absolute Gasteiger partial charge is 0.286 e. The van der Waals surface area contributed by atoms with Gasteiger partial charge in [-0.3, -0.25) is 19.0 Å². The number of nitrogens with one attached hydrogen (secondary N) is 1. The number of ether oxygens (including phenoxy) is 3. The number of amides is 2. The Hall–Kier alpha value is -3.61. The highest BCUT2D eigenvalue weighted by atomic mass is 35.5. The molecule has 2 aromatic carbocycles. The van der Waals surface area contributed by atoms with Gasteiger partial charge in [0.25, 0.3) is 11.8 Å². The fourth-order valence-corrected chi connectivity index (χ4v) is 11.4. The van der Waals surface area contributed by atoms with Crippen LogP contribution >= 0.6 is 11.6 Å². The molecule has 3 fully saturated rings. The minimum absolute atomic E-state index is 0.00898. The lowest BCUT2D eigenvalue weighted by atomic mass is 9.62. The zero-order valence-corrected chi connectivity index (χ0v) is 30.8. The molecule has 1 unspecified atom stereocenters. The number of benzene rings is 2. The summed E-state index contributed by atoms with van der Waals surface area (Å²) in [6.45, 7) is 2.67. The molecule has 1 aromatic heterocycles. The van der Waals surface area contributed by atoms with E-state index in [1.807, 2.05) is 18.2 Å². The number of halogens is 1. The second kappa shape index (κ2) is 13.7. The molecule has 2 saturated carbocycles. The van der Waals surface area contributed by atoms with Gasteiger partial charge < -0.3 is 19.1 Å². The average molecular weight is 736 g/mol. The summed E-state index contributed by atoms with van der Waals surface area (Å²) in [5.74, 6) is 0.417. The van der Waals surface area contributed by atoms with Gasteiger partial charge in [0.15, 0.2) is 0 Å². The maximum Gasteiger partial charge on any atom is 0.286 e. The Morgan fingerprint density at radius 1 is 1.10 bits per heavy atom. The number of aromatic nitrogens is 2. The van der Waals surface area contributed by atoms with Crippen LogP contribution in [0.3, 0.4) is 0 Å². The van der Waals surface area contributed by atoms with Crippen LogP contribution in [0.1, 0.15) is 83.2 Å². The summed E-state index contributed by atoms with van der Waals surface area (Å²) in [7, 11) is -0.471. The predicted molar refractivity (Wildman–Crippen MR) is 195 cm³/mol. The summed E-state index contributed by atoms with van der Waals surface area (Å²) in [5, 5.41) is 4.91. The van der Waals surface area contributed by atoms with Gasteiger partial charge in [0.1, 0.15) is 21.2 Å². The van der Waals surface area contributed by atoms with Crippen molar-refractivity contribution in [2.24, 2.45) is 34.6 Å². The average Bonchev–Trinajstić information content (AvgIpc) is 3.80. The number of carbonyl (C=O) groups is 2. The van der Waals surface area contributed by atoms with Crippen molar-refractivity contribution in [1.82, 2.24) is 14.5 Å². The number of aryl methyl sites for hydroxylation is 2. The van der Waals surface area contributed by atoms with E-state index in [0.717, 1.165) is 75.0 Å². The Bertz CT molecular complexity index is 1980. The SMILES string of the molecule is COc1nn(C)cc1C(=O)NS1(=O)=NC(=O)c2ccc3c(c2)N(Cc2ccc(Cl)cc2CCCCO3)C[C@@H]2CC[C@H]2[C@H]2OCC[C@]23CC[C@H](C3)C1. The highest BCUT2D eigenvalue weighted by Crippen LogP contribution is 2.57. The van der Waals surface area contributed by atoms with E-state index in [1.165, 1.54) is 29.1 Å². The van der Waals surface area contributed by atoms with E-state index in [-0.39, 0.29) is 40.2 Å². The summed E-state index contributed by atoms with van der Waals surface area (Å²) < 4.78 is 41.8. The minimum atomic E-state index is -3.57. The highest BCUT2D eigenvalue weighted by molar-refractivity contribution is 7.92. The van der Waals surface area contributed by atoms with Gasteiger partial charge in [-0.15, -0.1) is 9.46 Å². The maximum absolute atomic E-state index is 14.9. The third-order valence-electron chi connectivity index (χ3n) is 11.9. The standard InChI is InChI=1S/C38H46ClN5O6S/c1-43-22-31(37(40-43)48-2)36(46)42-51(47)23-24-12-13-38(19-24)14-16-50-34(38)30-10-7-28(30)21-44-20-27-6-9-29(39)17-25(27)5-3-4-15-49-33-11-8-26(18-32(33)44)35(45)41-51/h6,8-9,11,17-18,22,24,28,30,34H,3-5,7,10,12-16,19-21,23H2,1-2H3,(H,41,42,45,46,47)/t24-,28+,30-,34-,38+,51?/m1/s1. The van der Waals surface area contributed by atoms with Crippen molar-refractivity contribution in [2.75, 3.05) is 37.5 Å². The molecule has 13 heteroatoms. The first kappa shape index (κ1) is 34.5. The van der Waals surface area contributed by atoms with Gasteiger partial charge in [-0.2, -0.15) is 0 Å². The van der Waals surface area contributed by atoms with Crippen LogP contribution in [0.25, 0.3) is 0 Å². The first-order chi connectivity index (χ1) is 24.6. The molecule has 5 aliphatic rings. The first-order valence-corrected chi connectivity index (χ1v) is 20.3. The molecule has 1 N–H and O–H groups in total. The molecule has 1 spiro atoms. The highest BCUT2D eigenvalue weighted by Gasteiger charge is 2.55. The largest absolute Gasteiger partial charge is 0.491 e. The quantitative estimate of drug-likeness (QED) is 0.329. The second-order valence-corrected chi connectivity index (χ2v) is 17.6. The Morgan fingerprint density at radius 2 is 1.98 bits per heavy atom. The lowest BCUT2D eigenvalue weighted by Gasteiger charge is -2.47. The lowest BCUT2D eigenvalue weighted by molar-refractivity contribution is -0.0539. The van der Waals surface area contributed by atoms with Gasteiger partial charge in [-0.1, -0.05) is 17.7 Å². The van der Waals surface area contributed by atoms with Crippen molar-refractivity contribution in [2.45, 2.75) is 70.4 Å². The molecule has 8 rings (SSSR count). The number of methoxy groups -OCH3 is 1. The number of hydrogen-bond acceptors (Lipinski definition) is 8. The van der Waals surface area contributed by atoms with Crippen LogP contribution in [0.5, 0.6) is 11.6 Å². The van der Waals surface area contributed by atoms with Gasteiger partial charge in [0.05, 0.1) is 31.3 Å². The topological polar surface area (TPSA) is 124 Å². The van der Waals surface area contributed by atoms with E-state index in [9.17, 15) is 13.8 Å². The molecule has 11 nitrogen and oxygen atoms in total. The van der Waals surface area contributed by atoms with Crippen molar-refractivity contribution in [3.05, 3.63) is 69.9 Å². The molecule has 2 amide bonds. The van der Waals surface area contributed by atoms with Gasteiger partial charge in [-0.25, -0.2) is 4.21 Å². The number of anilines is 1. The van der Waals surface area contributed by atoms with E-state index in [1.54, 1.807) is 13.1 Å². The summed E-state index contributed by atoms with van der Waals surface area (Å²) in [4.78, 5) is 30.2. The summed E-state index contributed by atoms with van der Waals surface area (Å²) >= 11 is 6.49. The van der Waals surface area contributed by atoms with E-state index < -0.39 is 21.7 Å². The number of rotatable bonds is 3. The van der Waals surface area contributed by atoms with Gasteiger partial charge in [0.2, 0.25) is 5.88 Å². The Labute approximate surface area is 304 Å². The second-order valence-electron chi connectivity index (χ2n) is 15.2. The summed E-state index contributed by atoms with van der Waals surface area (Å²) in [5.41, 5.74) is 3.63. The molecule has 51 heavy (non-hydrogen) atoms. The first-order valence-electron chi connectivity index (χ1n) is 18.2. The third-order valence-corrected chi connectivity index (χ3v) is 14.0. The van der Waals surface area contributed by atoms with Crippen molar-refractivity contribution in [3.63, 3.8) is 0 Å². The number of carbonyl (C=O) groups excluding carboxylic acids is 2. The summed E-state index contributed by atoms with van der Waals surface area (Å²) in [6, 6.07) is 11.5. The van der Waals surface area contributed by atoms with Crippen molar-refractivity contribution in [1.29, 1.82) is 0 Å². The van der Waals surface area contributed by atoms with Gasteiger partial charge in [0, 0.05) is 43.5 Å². The van der Waals surface area contributed by atoms with Crippen LogP contribution in [0.4, 0.5) is 5.69 Å². The van der Waals surface area contributed by atoms with Gasteiger partial charge >= 0.3 is 0 Å². The molecular formula is C38H46ClN5O6S. The van der Waals surface area contributed by atoms with E-state index in [0.29, 0.717) is 37.3 Å². The zero-order valence-electron chi connectivity index (χ0n) is 29.3. The molecule has 4 bridgehead atoms. The van der Waals surface area contributed by atoms with Crippen LogP contribution in [0.15, 0.2) is 47.0 Å². The molecule has 2 aliphatic carbocycles. The van der Waals surface area contributed by atoms with Gasteiger partial charge in [-0.05, 0) is 122 Å². The number of fused-ring (bicyclic) bond motifs is 5. The van der Waals surface area contributed by atoms with Crippen LogP contribution in [-0.4, -0.2) is 64.5 Å². The molecular weight excluding hydrogens is 690 g/mol.